The largest absolute Gasteiger partial charge is 0.480 e. The van der Waals surface area contributed by atoms with Gasteiger partial charge in [-0.3, -0.25) is 14.4 Å². The number of rotatable bonds is 7. The fourth-order valence-electron chi connectivity index (χ4n) is 2.67. The van der Waals surface area contributed by atoms with Gasteiger partial charge in [0.05, 0.1) is 0 Å². The molecule has 0 radical (unpaired) electrons. The lowest BCUT2D eigenvalue weighted by Crippen LogP contribution is -2.38. The topological polar surface area (TPSA) is 90.5 Å². The van der Waals surface area contributed by atoms with Crippen molar-refractivity contribution in [3.8, 4) is 0 Å². The normalized spacial score (nSPS) is 10.8. The van der Waals surface area contributed by atoms with Crippen LogP contribution in [0, 0.1) is 12.8 Å². The van der Waals surface area contributed by atoms with Crippen molar-refractivity contribution < 1.29 is 19.5 Å². The quantitative estimate of drug-likeness (QED) is 0.756. The number of carboxylic acids is 1. The Kier molecular flexibility index (Phi) is 5.91. The third-order valence-corrected chi connectivity index (χ3v) is 3.41. The number of ketones is 1. The van der Waals surface area contributed by atoms with Gasteiger partial charge in [0.2, 0.25) is 0 Å². The van der Waals surface area contributed by atoms with Crippen LogP contribution < -0.4 is 0 Å². The van der Waals surface area contributed by atoms with Gasteiger partial charge in [0.25, 0.3) is 5.91 Å². The van der Waals surface area contributed by atoms with E-state index in [1.165, 1.54) is 11.8 Å². The van der Waals surface area contributed by atoms with Crippen LogP contribution in [-0.2, 0) is 11.2 Å². The Hall–Kier alpha value is -2.11. The Morgan fingerprint density at radius 3 is 2.27 bits per heavy atom. The number of aromatic amines is 1. The monoisotopic (exact) mass is 308 g/mol. The van der Waals surface area contributed by atoms with E-state index in [9.17, 15) is 14.4 Å². The van der Waals surface area contributed by atoms with Gasteiger partial charge in [-0.25, -0.2) is 0 Å². The maximum absolute atomic E-state index is 12.7. The number of carbonyl (C=O) groups is 3. The minimum atomic E-state index is -1.05. The number of aromatic nitrogens is 1. The zero-order chi connectivity index (χ0) is 17.0. The summed E-state index contributed by atoms with van der Waals surface area (Å²) in [5.74, 6) is -1.37. The third kappa shape index (κ3) is 3.96. The molecule has 1 heterocycles. The number of carboxylic acid groups (broad SMARTS) is 1. The molecule has 22 heavy (non-hydrogen) atoms. The Bertz CT molecular complexity index is 587. The van der Waals surface area contributed by atoms with Crippen LogP contribution in [0.1, 0.15) is 59.8 Å². The Labute approximate surface area is 130 Å². The number of aryl methyl sites for hydroxylation is 1. The number of amides is 1. The highest BCUT2D eigenvalue weighted by Crippen LogP contribution is 2.22. The predicted octanol–water partition coefficient (Wildman–Crippen LogP) is 2.27. The van der Waals surface area contributed by atoms with Gasteiger partial charge in [0.1, 0.15) is 12.2 Å². The lowest BCUT2D eigenvalue weighted by atomic mass is 10.0. The van der Waals surface area contributed by atoms with Crippen molar-refractivity contribution in [3.05, 3.63) is 22.5 Å². The molecule has 0 unspecified atom stereocenters. The van der Waals surface area contributed by atoms with E-state index in [1.54, 1.807) is 6.92 Å². The van der Waals surface area contributed by atoms with Gasteiger partial charge in [-0.15, -0.1) is 0 Å². The van der Waals surface area contributed by atoms with Crippen LogP contribution in [0.3, 0.4) is 0 Å². The number of H-pyrrole nitrogens is 1. The number of hydrogen-bond donors (Lipinski definition) is 2. The minimum absolute atomic E-state index is 0.0988. The molecule has 0 aliphatic heterocycles. The van der Waals surface area contributed by atoms with Crippen molar-refractivity contribution in [2.24, 2.45) is 5.92 Å². The van der Waals surface area contributed by atoms with Gasteiger partial charge >= 0.3 is 5.97 Å². The highest BCUT2D eigenvalue weighted by atomic mass is 16.4. The molecule has 0 spiro atoms. The van der Waals surface area contributed by atoms with E-state index in [0.717, 1.165) is 0 Å². The zero-order valence-electron chi connectivity index (χ0n) is 13.8. The molecule has 0 saturated heterocycles. The molecule has 6 heteroatoms. The van der Waals surface area contributed by atoms with Crippen molar-refractivity contribution >= 4 is 17.7 Å². The highest BCUT2D eigenvalue weighted by Gasteiger charge is 2.26. The third-order valence-electron chi connectivity index (χ3n) is 3.41. The average Bonchev–Trinajstić information content (AvgIpc) is 2.72. The van der Waals surface area contributed by atoms with E-state index >= 15 is 0 Å². The molecule has 6 nitrogen and oxygen atoms in total. The van der Waals surface area contributed by atoms with Gasteiger partial charge in [-0.05, 0) is 31.7 Å². The summed E-state index contributed by atoms with van der Waals surface area (Å²) in [6.07, 6.45) is 0.531. The molecule has 0 fully saturated rings. The predicted molar refractivity (Wildman–Crippen MR) is 83.3 cm³/mol. The second-order valence-corrected chi connectivity index (χ2v) is 5.86. The second kappa shape index (κ2) is 7.24. The molecule has 0 bridgehead atoms. The summed E-state index contributed by atoms with van der Waals surface area (Å²) in [5, 5.41) is 9.01. The maximum atomic E-state index is 12.7. The van der Waals surface area contributed by atoms with Gasteiger partial charge in [0.15, 0.2) is 5.78 Å². The summed E-state index contributed by atoms with van der Waals surface area (Å²) in [7, 11) is 0. The molecule has 1 amide bonds. The van der Waals surface area contributed by atoms with Crippen LogP contribution in [0.2, 0.25) is 0 Å². The molecule has 1 aromatic heterocycles. The summed E-state index contributed by atoms with van der Waals surface area (Å²) < 4.78 is 0. The molecular weight excluding hydrogens is 284 g/mol. The first kappa shape index (κ1) is 17.9. The van der Waals surface area contributed by atoms with E-state index in [2.05, 4.69) is 4.98 Å². The fourth-order valence-corrected chi connectivity index (χ4v) is 2.67. The van der Waals surface area contributed by atoms with E-state index < -0.39 is 5.97 Å². The van der Waals surface area contributed by atoms with Gasteiger partial charge in [-0.1, -0.05) is 20.8 Å². The summed E-state index contributed by atoms with van der Waals surface area (Å²) in [6.45, 7) is 8.92. The summed E-state index contributed by atoms with van der Waals surface area (Å²) in [6, 6.07) is 0. The van der Waals surface area contributed by atoms with Crippen LogP contribution in [0.5, 0.6) is 0 Å². The number of hydrogen-bond acceptors (Lipinski definition) is 3. The number of carbonyl (C=O) groups excluding carboxylic acids is 2. The van der Waals surface area contributed by atoms with Crippen LogP contribution in [-0.4, -0.2) is 45.7 Å². The lowest BCUT2D eigenvalue weighted by Gasteiger charge is -2.22. The molecule has 0 aromatic carbocycles. The number of nitrogens with zero attached hydrogens (tertiary/aromatic N) is 1. The van der Waals surface area contributed by atoms with E-state index in [0.29, 0.717) is 35.5 Å². The molecule has 1 aromatic rings. The Morgan fingerprint density at radius 2 is 1.86 bits per heavy atom. The first-order chi connectivity index (χ1) is 10.2. The van der Waals surface area contributed by atoms with Crippen LogP contribution >= 0.6 is 0 Å². The number of Topliss-reactive ketones (excluding diaryl/α,β-unsaturated/α-hetero) is 1. The molecule has 122 valence electrons. The Morgan fingerprint density at radius 1 is 1.27 bits per heavy atom. The summed E-state index contributed by atoms with van der Waals surface area (Å²) >= 11 is 0. The summed E-state index contributed by atoms with van der Waals surface area (Å²) in [5.41, 5.74) is 2.17. The van der Waals surface area contributed by atoms with E-state index in [-0.39, 0.29) is 24.2 Å². The average molecular weight is 308 g/mol. The molecule has 0 aliphatic rings. The lowest BCUT2D eigenvalue weighted by molar-refractivity contribution is -0.137. The highest BCUT2D eigenvalue weighted by molar-refractivity contribution is 6.03. The number of nitrogens with one attached hydrogen (secondary N) is 1. The molecule has 1 rings (SSSR count). The molecule has 2 N–H and O–H groups in total. The van der Waals surface area contributed by atoms with Crippen molar-refractivity contribution in [2.45, 2.75) is 41.0 Å². The smallest absolute Gasteiger partial charge is 0.323 e. The van der Waals surface area contributed by atoms with Gasteiger partial charge < -0.3 is 15.0 Å². The standard InChI is InChI=1S/C16H24N2O4/c1-6-12-14(11(5)19)10(4)17-15(12)16(22)18(7-9(2)3)8-13(20)21/h9,17H,6-8H2,1-5H3,(H,20,21). The molecular formula is C16H24N2O4. The minimum Gasteiger partial charge on any atom is -0.480 e. The zero-order valence-corrected chi connectivity index (χ0v) is 13.8. The Balaban J connectivity index is 3.26. The van der Waals surface area contributed by atoms with Crippen molar-refractivity contribution in [1.82, 2.24) is 9.88 Å². The molecule has 0 saturated carbocycles. The molecule has 0 aliphatic carbocycles. The van der Waals surface area contributed by atoms with E-state index in [4.69, 9.17) is 5.11 Å². The second-order valence-electron chi connectivity index (χ2n) is 5.86. The van der Waals surface area contributed by atoms with E-state index in [1.807, 2.05) is 20.8 Å². The van der Waals surface area contributed by atoms with Crippen molar-refractivity contribution in [3.63, 3.8) is 0 Å². The van der Waals surface area contributed by atoms with Crippen molar-refractivity contribution in [1.29, 1.82) is 0 Å². The van der Waals surface area contributed by atoms with Gasteiger partial charge in [0, 0.05) is 17.8 Å². The fraction of sp³-hybridized carbons (Fsp3) is 0.562. The SMILES string of the molecule is CCc1c(C(=O)N(CC(=O)O)CC(C)C)[nH]c(C)c1C(C)=O. The first-order valence-corrected chi connectivity index (χ1v) is 7.42. The summed E-state index contributed by atoms with van der Waals surface area (Å²) in [4.78, 5) is 39.7. The maximum Gasteiger partial charge on any atom is 0.323 e. The first-order valence-electron chi connectivity index (χ1n) is 7.42. The van der Waals surface area contributed by atoms with Crippen LogP contribution in [0.4, 0.5) is 0 Å². The number of aliphatic carboxylic acids is 1. The van der Waals surface area contributed by atoms with Crippen LogP contribution in [0.25, 0.3) is 0 Å². The van der Waals surface area contributed by atoms with Gasteiger partial charge in [-0.2, -0.15) is 0 Å². The molecule has 0 atom stereocenters. The van der Waals surface area contributed by atoms with Crippen LogP contribution in [0.15, 0.2) is 0 Å². The van der Waals surface area contributed by atoms with Crippen molar-refractivity contribution in [2.75, 3.05) is 13.1 Å².